The van der Waals surface area contributed by atoms with Crippen LogP contribution >= 0.6 is 11.3 Å². The first-order valence-corrected chi connectivity index (χ1v) is 10.8. The van der Waals surface area contributed by atoms with Gasteiger partial charge in [0.1, 0.15) is 17.9 Å². The first kappa shape index (κ1) is 26.1. The number of ether oxygens (including phenoxy) is 2. The Kier molecular flexibility index (Phi) is 13.0. The number of pyridine rings is 1. The van der Waals surface area contributed by atoms with Crippen molar-refractivity contribution in [2.24, 2.45) is 0 Å². The zero-order chi connectivity index (χ0) is 22.4. The molecule has 0 aliphatic heterocycles. The van der Waals surface area contributed by atoms with E-state index in [2.05, 4.69) is 15.3 Å². The van der Waals surface area contributed by atoms with E-state index in [1.165, 1.54) is 37.5 Å². The lowest BCUT2D eigenvalue weighted by molar-refractivity contribution is -0.106. The number of carbonyl (C=O) groups is 1. The monoisotopic (exact) mass is 447 g/mol. The third kappa shape index (κ3) is 10.2. The average molecular weight is 448 g/mol. The van der Waals surface area contributed by atoms with Crippen LogP contribution in [0.4, 0.5) is 8.78 Å². The van der Waals surface area contributed by atoms with Crippen LogP contribution in [-0.2, 0) is 4.79 Å². The van der Waals surface area contributed by atoms with Crippen LogP contribution in [0.25, 0.3) is 10.3 Å². The predicted octanol–water partition coefficient (Wildman–Crippen LogP) is 3.84. The van der Waals surface area contributed by atoms with E-state index in [0.717, 1.165) is 19.1 Å². The number of aliphatic hydroxyl groups excluding tert-OH is 1. The third-order valence-corrected chi connectivity index (χ3v) is 5.01. The number of aromatic nitrogens is 2. The number of rotatable bonds is 7. The van der Waals surface area contributed by atoms with Crippen molar-refractivity contribution in [3.63, 3.8) is 0 Å². The van der Waals surface area contributed by atoms with Crippen LogP contribution in [0.2, 0.25) is 0 Å². The molecule has 0 saturated heterocycles. The van der Waals surface area contributed by atoms with Crippen LogP contribution < -0.4 is 14.8 Å². The highest BCUT2D eigenvalue weighted by molar-refractivity contribution is 7.19. The van der Waals surface area contributed by atoms with Gasteiger partial charge in [-0.05, 0) is 52.6 Å². The molecular weight excluding hydrogens is 416 g/mol. The number of carbonyl (C=O) groups excluding carboxylic acids is 1. The predicted molar refractivity (Wildman–Crippen MR) is 114 cm³/mol. The Labute approximate surface area is 179 Å². The topological polar surface area (TPSA) is 93.6 Å². The van der Waals surface area contributed by atoms with Crippen molar-refractivity contribution in [1.29, 1.82) is 0 Å². The summed E-state index contributed by atoms with van der Waals surface area (Å²) in [6, 6.07) is 3.51. The van der Waals surface area contributed by atoms with E-state index in [9.17, 15) is 8.78 Å². The number of thiazole rings is 1. The molecule has 1 aliphatic carbocycles. The highest BCUT2D eigenvalue weighted by Crippen LogP contribution is 2.31. The molecule has 2 aromatic rings. The summed E-state index contributed by atoms with van der Waals surface area (Å²) in [7, 11) is 1.82. The molecule has 0 aromatic carbocycles. The van der Waals surface area contributed by atoms with Crippen LogP contribution in [-0.4, -0.2) is 60.2 Å². The summed E-state index contributed by atoms with van der Waals surface area (Å²) in [5, 5.41) is 11.7. The molecule has 170 valence electrons. The minimum Gasteiger partial charge on any atom is -0.472 e. The highest BCUT2D eigenvalue weighted by atomic mass is 32.1. The largest absolute Gasteiger partial charge is 0.472 e. The quantitative estimate of drug-likeness (QED) is 0.623. The summed E-state index contributed by atoms with van der Waals surface area (Å²) >= 11 is 1.33. The van der Waals surface area contributed by atoms with E-state index >= 15 is 0 Å². The van der Waals surface area contributed by atoms with Gasteiger partial charge < -0.3 is 24.7 Å². The van der Waals surface area contributed by atoms with E-state index in [4.69, 9.17) is 19.4 Å². The van der Waals surface area contributed by atoms with Gasteiger partial charge in [0.2, 0.25) is 5.88 Å². The molecule has 1 saturated carbocycles. The summed E-state index contributed by atoms with van der Waals surface area (Å²) in [6.45, 7) is 2.93. The third-order valence-electron chi connectivity index (χ3n) is 4.15. The van der Waals surface area contributed by atoms with Gasteiger partial charge in [-0.1, -0.05) is 17.8 Å². The second-order valence-electron chi connectivity index (χ2n) is 6.64. The smallest absolute Gasteiger partial charge is 0.276 e. The second kappa shape index (κ2) is 15.0. The summed E-state index contributed by atoms with van der Waals surface area (Å²) in [5.41, 5.74) is 0.704. The fourth-order valence-corrected chi connectivity index (χ4v) is 3.32. The number of aliphatic hydroxyl groups is 1. The Morgan fingerprint density at radius 3 is 2.50 bits per heavy atom. The number of nitrogens with one attached hydrogen (secondary N) is 1. The lowest BCUT2D eigenvalue weighted by atomic mass is 9.98. The molecule has 0 amide bonds. The van der Waals surface area contributed by atoms with Gasteiger partial charge in [-0.25, -0.2) is 18.7 Å². The lowest BCUT2D eigenvalue weighted by Crippen LogP contribution is -2.24. The number of hydrogen-bond donors (Lipinski definition) is 2. The molecule has 2 N–H and O–H groups in total. The normalized spacial score (nSPS) is 14.9. The lowest BCUT2D eigenvalue weighted by Gasteiger charge is -2.21. The molecule has 1 atom stereocenters. The fourth-order valence-electron chi connectivity index (χ4n) is 2.48. The number of halogens is 2. The van der Waals surface area contributed by atoms with Crippen LogP contribution in [0, 0.1) is 0 Å². The molecule has 1 aliphatic rings. The maximum absolute atomic E-state index is 12.1. The molecule has 1 unspecified atom stereocenters. The Bertz CT molecular complexity index is 723. The van der Waals surface area contributed by atoms with Crippen molar-refractivity contribution < 1.29 is 28.2 Å². The Morgan fingerprint density at radius 2 is 1.97 bits per heavy atom. The van der Waals surface area contributed by atoms with Crippen molar-refractivity contribution in [2.45, 2.75) is 64.5 Å². The summed E-state index contributed by atoms with van der Waals surface area (Å²) < 4.78 is 35.0. The zero-order valence-corrected chi connectivity index (χ0v) is 18.5. The Morgan fingerprint density at radius 1 is 1.30 bits per heavy atom. The fraction of sp³-hybridized carbons (Fsp3) is 0.650. The minimum atomic E-state index is -2.51. The average Bonchev–Trinajstić information content (AvgIpc) is 3.14. The van der Waals surface area contributed by atoms with E-state index in [0.29, 0.717) is 15.5 Å². The van der Waals surface area contributed by atoms with E-state index in [-0.39, 0.29) is 24.6 Å². The van der Waals surface area contributed by atoms with Crippen molar-refractivity contribution in [3.05, 3.63) is 12.1 Å². The van der Waals surface area contributed by atoms with Crippen molar-refractivity contribution in [2.75, 3.05) is 20.3 Å². The number of hydrogen-bond acceptors (Lipinski definition) is 8. The number of fused-ring (bicyclic) bond motifs is 1. The van der Waals surface area contributed by atoms with Gasteiger partial charge in [0.15, 0.2) is 11.4 Å². The van der Waals surface area contributed by atoms with Crippen LogP contribution in [0.15, 0.2) is 12.1 Å². The van der Waals surface area contributed by atoms with Gasteiger partial charge in [0, 0.05) is 12.1 Å². The molecule has 7 nitrogen and oxygen atoms in total. The Hall–Kier alpha value is -1.91. The standard InChI is InChI=1S/C14H16F2N2O2S.C4H11NO.C2H4O/c15-11(16)8-19-12-7-6-10-13(18-12)21-14(17-10)20-9-4-2-1-3-5-9;1-4(3-6)5-2;1-2-3/h6-7,9,11H,1-5,8H2;4-6H,3H2,1-2H3;2H,1H3. The van der Waals surface area contributed by atoms with Crippen molar-refractivity contribution in [1.82, 2.24) is 15.3 Å². The van der Waals surface area contributed by atoms with Gasteiger partial charge >= 0.3 is 0 Å². The molecule has 1 fully saturated rings. The Balaban J connectivity index is 0.000000426. The molecule has 30 heavy (non-hydrogen) atoms. The maximum Gasteiger partial charge on any atom is 0.276 e. The highest BCUT2D eigenvalue weighted by Gasteiger charge is 2.17. The van der Waals surface area contributed by atoms with Crippen LogP contribution in [0.1, 0.15) is 46.0 Å². The molecule has 2 heterocycles. The van der Waals surface area contributed by atoms with E-state index in [1.54, 1.807) is 12.1 Å². The van der Waals surface area contributed by atoms with Gasteiger partial charge in [0.25, 0.3) is 11.6 Å². The van der Waals surface area contributed by atoms with Crippen LogP contribution in [0.5, 0.6) is 11.1 Å². The zero-order valence-electron chi connectivity index (χ0n) is 17.6. The number of nitrogens with zero attached hydrogens (tertiary/aromatic N) is 2. The molecule has 3 rings (SSSR count). The van der Waals surface area contributed by atoms with Crippen molar-refractivity contribution >= 4 is 28.0 Å². The first-order valence-electron chi connectivity index (χ1n) is 9.96. The molecule has 10 heteroatoms. The molecule has 0 radical (unpaired) electrons. The van der Waals surface area contributed by atoms with Gasteiger partial charge in [-0.15, -0.1) is 0 Å². The number of likely N-dealkylation sites (N-methyl/N-ethyl adjacent to an activating group) is 1. The van der Waals surface area contributed by atoms with Gasteiger partial charge in [0.05, 0.1) is 6.61 Å². The SMILES string of the molecule is CC=O.CNC(C)CO.FC(F)COc1ccc2nc(OC3CCCCC3)sc2n1. The van der Waals surface area contributed by atoms with Crippen molar-refractivity contribution in [3.8, 4) is 11.1 Å². The summed E-state index contributed by atoms with van der Waals surface area (Å²) in [6.07, 6.45) is 4.26. The first-order chi connectivity index (χ1) is 14.4. The van der Waals surface area contributed by atoms with E-state index in [1.807, 2.05) is 14.0 Å². The number of aldehydes is 1. The van der Waals surface area contributed by atoms with Gasteiger partial charge in [-0.3, -0.25) is 0 Å². The number of alkyl halides is 2. The summed E-state index contributed by atoms with van der Waals surface area (Å²) in [4.78, 5) is 18.0. The second-order valence-corrected chi connectivity index (χ2v) is 7.58. The molecule has 2 aromatic heterocycles. The van der Waals surface area contributed by atoms with E-state index < -0.39 is 13.0 Å². The maximum atomic E-state index is 12.1. The molecule has 0 spiro atoms. The molecular formula is C20H31F2N3O4S. The summed E-state index contributed by atoms with van der Waals surface area (Å²) in [5.74, 6) is 0.190. The van der Waals surface area contributed by atoms with Gasteiger partial charge in [-0.2, -0.15) is 0 Å². The minimum absolute atomic E-state index is 0.190. The molecule has 0 bridgehead atoms. The van der Waals surface area contributed by atoms with Crippen LogP contribution in [0.3, 0.4) is 0 Å².